The van der Waals surface area contributed by atoms with E-state index >= 15 is 0 Å². The molecule has 0 fully saturated rings. The van der Waals surface area contributed by atoms with Crippen LogP contribution in [0.1, 0.15) is 97.1 Å². The molecular weight excluding hydrogens is 348 g/mol. The second-order valence-corrected chi connectivity index (χ2v) is 9.57. The molecule has 3 nitrogen and oxygen atoms in total. The SMILES string of the molecule is CC(=O)C(C)(C)CCCCCc1cccc(CCCCCC(C)(C)C(=O)O)c1. The molecule has 1 aromatic rings. The zero-order valence-electron chi connectivity index (χ0n) is 18.6. The highest BCUT2D eigenvalue weighted by Gasteiger charge is 2.26. The Morgan fingerprint density at radius 1 is 0.786 bits per heavy atom. The minimum atomic E-state index is -0.704. The van der Waals surface area contributed by atoms with Crippen LogP contribution < -0.4 is 0 Å². The van der Waals surface area contributed by atoms with Gasteiger partial charge in [0.2, 0.25) is 0 Å². The summed E-state index contributed by atoms with van der Waals surface area (Å²) in [6.07, 6.45) is 10.5. The number of Topliss-reactive ketones (excluding diaryl/α,β-unsaturated/α-hetero) is 1. The number of hydrogen-bond donors (Lipinski definition) is 1. The standard InChI is InChI=1S/C25H40O3/c1-20(26)24(2,3)17-10-6-8-13-21-15-12-16-22(19-21)14-9-7-11-18-25(4,5)23(27)28/h12,15-16,19H,6-11,13-14,17-18H2,1-5H3,(H,27,28). The third kappa shape index (κ3) is 9.03. The summed E-state index contributed by atoms with van der Waals surface area (Å²) in [5.41, 5.74) is 1.99. The van der Waals surface area contributed by atoms with Gasteiger partial charge in [0.25, 0.3) is 0 Å². The summed E-state index contributed by atoms with van der Waals surface area (Å²) in [7, 11) is 0. The highest BCUT2D eigenvalue weighted by molar-refractivity contribution is 5.81. The lowest BCUT2D eigenvalue weighted by molar-refractivity contribution is -0.147. The van der Waals surface area contributed by atoms with Gasteiger partial charge in [-0.15, -0.1) is 0 Å². The second-order valence-electron chi connectivity index (χ2n) is 9.57. The number of rotatable bonds is 14. The maximum atomic E-state index is 11.6. The Morgan fingerprint density at radius 2 is 1.25 bits per heavy atom. The third-order valence-electron chi connectivity index (χ3n) is 6.06. The highest BCUT2D eigenvalue weighted by atomic mass is 16.4. The van der Waals surface area contributed by atoms with Crippen LogP contribution in [0.2, 0.25) is 0 Å². The maximum Gasteiger partial charge on any atom is 0.309 e. The predicted octanol–water partition coefficient (Wildman–Crippen LogP) is 6.62. The molecule has 1 aromatic carbocycles. The molecule has 0 aromatic heterocycles. The van der Waals surface area contributed by atoms with Crippen molar-refractivity contribution < 1.29 is 14.7 Å². The zero-order valence-corrected chi connectivity index (χ0v) is 18.6. The van der Waals surface area contributed by atoms with Gasteiger partial charge >= 0.3 is 5.97 Å². The number of aryl methyl sites for hydroxylation is 2. The number of carboxylic acid groups (broad SMARTS) is 1. The summed E-state index contributed by atoms with van der Waals surface area (Å²) in [4.78, 5) is 22.7. The molecule has 0 radical (unpaired) electrons. The summed E-state index contributed by atoms with van der Waals surface area (Å²) >= 11 is 0. The van der Waals surface area contributed by atoms with Gasteiger partial charge in [-0.1, -0.05) is 63.8 Å². The molecule has 0 saturated heterocycles. The maximum absolute atomic E-state index is 11.6. The average Bonchev–Trinajstić information content (AvgIpc) is 2.61. The molecule has 0 bridgehead atoms. The van der Waals surface area contributed by atoms with Gasteiger partial charge in [0, 0.05) is 5.41 Å². The average molecular weight is 389 g/mol. The molecule has 0 heterocycles. The molecule has 0 unspecified atom stereocenters. The van der Waals surface area contributed by atoms with E-state index in [0.717, 1.165) is 51.4 Å². The summed E-state index contributed by atoms with van der Waals surface area (Å²) in [5, 5.41) is 9.16. The summed E-state index contributed by atoms with van der Waals surface area (Å²) < 4.78 is 0. The third-order valence-corrected chi connectivity index (χ3v) is 6.06. The van der Waals surface area contributed by atoms with Crippen molar-refractivity contribution in [3.63, 3.8) is 0 Å². The van der Waals surface area contributed by atoms with Crippen LogP contribution in [0.15, 0.2) is 24.3 Å². The second kappa shape index (κ2) is 11.4. The van der Waals surface area contributed by atoms with Gasteiger partial charge in [0.15, 0.2) is 0 Å². The number of benzene rings is 1. The van der Waals surface area contributed by atoms with E-state index in [9.17, 15) is 9.59 Å². The van der Waals surface area contributed by atoms with Crippen LogP contribution in [-0.4, -0.2) is 16.9 Å². The molecule has 0 aliphatic rings. The molecule has 1 rings (SSSR count). The Hall–Kier alpha value is -1.64. The van der Waals surface area contributed by atoms with Crippen LogP contribution in [0.5, 0.6) is 0 Å². The number of hydrogen-bond acceptors (Lipinski definition) is 2. The van der Waals surface area contributed by atoms with E-state index < -0.39 is 11.4 Å². The lowest BCUT2D eigenvalue weighted by Crippen LogP contribution is -2.23. The van der Waals surface area contributed by atoms with Gasteiger partial charge in [0.05, 0.1) is 5.41 Å². The number of unbranched alkanes of at least 4 members (excludes halogenated alkanes) is 4. The van der Waals surface area contributed by atoms with Crippen LogP contribution in [0.25, 0.3) is 0 Å². The molecule has 0 aliphatic heterocycles. The number of carbonyl (C=O) groups excluding carboxylic acids is 1. The molecule has 0 atom stereocenters. The van der Waals surface area contributed by atoms with Crippen molar-refractivity contribution >= 4 is 11.8 Å². The minimum Gasteiger partial charge on any atom is -0.481 e. The van der Waals surface area contributed by atoms with Crippen molar-refractivity contribution in [3.8, 4) is 0 Å². The predicted molar refractivity (Wildman–Crippen MR) is 117 cm³/mol. The van der Waals surface area contributed by atoms with Gasteiger partial charge < -0.3 is 5.11 Å². The highest BCUT2D eigenvalue weighted by Crippen LogP contribution is 2.25. The Kier molecular flexibility index (Phi) is 9.92. The smallest absolute Gasteiger partial charge is 0.309 e. The fourth-order valence-corrected chi connectivity index (χ4v) is 3.37. The molecule has 0 saturated carbocycles. The quantitative estimate of drug-likeness (QED) is 0.364. The number of carboxylic acids is 1. The van der Waals surface area contributed by atoms with E-state index in [0.29, 0.717) is 0 Å². The summed E-state index contributed by atoms with van der Waals surface area (Å²) in [6.45, 7) is 9.39. The monoisotopic (exact) mass is 388 g/mol. The van der Waals surface area contributed by atoms with Gasteiger partial charge in [-0.25, -0.2) is 0 Å². The van der Waals surface area contributed by atoms with Gasteiger partial charge in [-0.05, 0) is 70.4 Å². The first-order valence-corrected chi connectivity index (χ1v) is 10.9. The van der Waals surface area contributed by atoms with E-state index in [-0.39, 0.29) is 11.2 Å². The topological polar surface area (TPSA) is 54.4 Å². The first-order chi connectivity index (χ1) is 13.0. The van der Waals surface area contributed by atoms with Crippen LogP contribution in [0, 0.1) is 10.8 Å². The Balaban J connectivity index is 2.27. The van der Waals surface area contributed by atoms with Crippen LogP contribution >= 0.6 is 0 Å². The Bertz CT molecular complexity index is 577. The molecule has 0 amide bonds. The van der Waals surface area contributed by atoms with Crippen molar-refractivity contribution in [2.75, 3.05) is 0 Å². The van der Waals surface area contributed by atoms with E-state index in [2.05, 4.69) is 24.3 Å². The van der Waals surface area contributed by atoms with Crippen molar-refractivity contribution in [2.24, 2.45) is 10.8 Å². The molecule has 0 spiro atoms. The number of ketones is 1. The van der Waals surface area contributed by atoms with Crippen molar-refractivity contribution in [3.05, 3.63) is 35.4 Å². The number of aliphatic carboxylic acids is 1. The van der Waals surface area contributed by atoms with Crippen molar-refractivity contribution in [1.29, 1.82) is 0 Å². The zero-order chi connectivity index (χ0) is 21.2. The molecule has 1 N–H and O–H groups in total. The molecule has 0 aliphatic carbocycles. The van der Waals surface area contributed by atoms with Crippen LogP contribution in [0.4, 0.5) is 0 Å². The van der Waals surface area contributed by atoms with E-state index in [1.54, 1.807) is 20.8 Å². The summed E-state index contributed by atoms with van der Waals surface area (Å²) in [6, 6.07) is 8.87. The van der Waals surface area contributed by atoms with Gasteiger partial charge in [0.1, 0.15) is 5.78 Å². The fraction of sp³-hybridized carbons (Fsp3) is 0.680. The number of carbonyl (C=O) groups is 2. The summed E-state index contributed by atoms with van der Waals surface area (Å²) in [5.74, 6) is -0.420. The Labute approximate surface area is 171 Å². The van der Waals surface area contributed by atoms with Crippen molar-refractivity contribution in [1.82, 2.24) is 0 Å². The van der Waals surface area contributed by atoms with Crippen molar-refractivity contribution in [2.45, 2.75) is 98.8 Å². The van der Waals surface area contributed by atoms with Crippen LogP contribution in [-0.2, 0) is 22.4 Å². The first-order valence-electron chi connectivity index (χ1n) is 10.9. The van der Waals surface area contributed by atoms with Gasteiger partial charge in [-0.3, -0.25) is 9.59 Å². The van der Waals surface area contributed by atoms with E-state index in [1.807, 2.05) is 13.8 Å². The molecule has 158 valence electrons. The molecular formula is C25H40O3. The van der Waals surface area contributed by atoms with Crippen LogP contribution in [0.3, 0.4) is 0 Å². The van der Waals surface area contributed by atoms with E-state index in [4.69, 9.17) is 5.11 Å². The minimum absolute atomic E-state index is 0.181. The lowest BCUT2D eigenvalue weighted by Gasteiger charge is -2.20. The lowest BCUT2D eigenvalue weighted by atomic mass is 9.83. The fourth-order valence-electron chi connectivity index (χ4n) is 3.37. The first kappa shape index (κ1) is 24.4. The molecule has 3 heteroatoms. The molecule has 28 heavy (non-hydrogen) atoms. The van der Waals surface area contributed by atoms with E-state index in [1.165, 1.54) is 24.0 Å². The Morgan fingerprint density at radius 3 is 1.68 bits per heavy atom. The largest absolute Gasteiger partial charge is 0.481 e. The normalized spacial score (nSPS) is 12.2. The van der Waals surface area contributed by atoms with Gasteiger partial charge in [-0.2, -0.15) is 0 Å².